The van der Waals surface area contributed by atoms with Gasteiger partial charge in [0, 0.05) is 12.1 Å². The second kappa shape index (κ2) is 7.73. The van der Waals surface area contributed by atoms with Crippen LogP contribution in [0.1, 0.15) is 22.3 Å². The summed E-state index contributed by atoms with van der Waals surface area (Å²) < 4.78 is 6.92. The molecule has 0 bridgehead atoms. The molecule has 0 aliphatic carbocycles. The number of amides is 1. The summed E-state index contributed by atoms with van der Waals surface area (Å²) in [5, 5.41) is 18.1. The van der Waals surface area contributed by atoms with Crippen LogP contribution in [-0.2, 0) is 6.54 Å². The molecule has 0 aliphatic rings. The fraction of sp³-hybridized carbons (Fsp3) is 0.211. The molecule has 2 aromatic heterocycles. The van der Waals surface area contributed by atoms with Crippen LogP contribution in [0.5, 0.6) is 5.75 Å². The second-order valence-electron chi connectivity index (χ2n) is 5.99. The van der Waals surface area contributed by atoms with Gasteiger partial charge in [-0.1, -0.05) is 28.7 Å². The molecule has 1 amide bonds. The minimum Gasteiger partial charge on any atom is -0.497 e. The highest BCUT2D eigenvalue weighted by Gasteiger charge is 2.20. The highest BCUT2D eigenvalue weighted by Crippen LogP contribution is 2.24. The Morgan fingerprint density at radius 1 is 1.11 bits per heavy atom. The Balaban J connectivity index is 1.55. The maximum absolute atomic E-state index is 12.9. The van der Waals surface area contributed by atoms with Gasteiger partial charge >= 0.3 is 0 Å². The Labute approximate surface area is 165 Å². The zero-order chi connectivity index (χ0) is 19.5. The molecule has 0 spiro atoms. The Kier molecular flexibility index (Phi) is 4.98. The van der Waals surface area contributed by atoms with Gasteiger partial charge < -0.3 is 4.74 Å². The lowest BCUT2D eigenvalue weighted by Gasteiger charge is -2.17. The standard InChI is InChI=1S/C19H18N6O2S/c1-3-24(18(26)13-8-10-14(27-2)11-9-13)19-22-21-17(28-19)12-25-16-7-5-4-6-15(16)20-23-25/h4-11H,3,12H2,1-2H3. The Morgan fingerprint density at radius 2 is 1.89 bits per heavy atom. The molecule has 142 valence electrons. The minimum atomic E-state index is -0.126. The van der Waals surface area contributed by atoms with E-state index in [0.717, 1.165) is 16.0 Å². The number of hydrogen-bond acceptors (Lipinski definition) is 7. The molecule has 0 aliphatic heterocycles. The maximum Gasteiger partial charge on any atom is 0.260 e. The van der Waals surface area contributed by atoms with E-state index in [1.807, 2.05) is 31.2 Å². The van der Waals surface area contributed by atoms with E-state index in [0.29, 0.717) is 29.5 Å². The van der Waals surface area contributed by atoms with Crippen molar-refractivity contribution in [2.45, 2.75) is 13.5 Å². The van der Waals surface area contributed by atoms with Gasteiger partial charge in [0.1, 0.15) is 16.3 Å². The summed E-state index contributed by atoms with van der Waals surface area (Å²) in [6, 6.07) is 14.8. The van der Waals surface area contributed by atoms with Gasteiger partial charge in [0.25, 0.3) is 5.91 Å². The molecule has 4 rings (SSSR count). The normalized spacial score (nSPS) is 10.9. The lowest BCUT2D eigenvalue weighted by molar-refractivity contribution is 0.0988. The number of fused-ring (bicyclic) bond motifs is 1. The fourth-order valence-electron chi connectivity index (χ4n) is 2.84. The number of nitrogens with zero attached hydrogens (tertiary/aromatic N) is 6. The number of anilines is 1. The SMILES string of the molecule is CCN(C(=O)c1ccc(OC)cc1)c1nnc(Cn2nnc3ccccc32)s1. The van der Waals surface area contributed by atoms with E-state index in [4.69, 9.17) is 4.74 Å². The Morgan fingerprint density at radius 3 is 2.64 bits per heavy atom. The van der Waals surface area contributed by atoms with Gasteiger partial charge in [0.05, 0.1) is 19.2 Å². The number of ether oxygens (including phenoxy) is 1. The summed E-state index contributed by atoms with van der Waals surface area (Å²) in [4.78, 5) is 14.5. The van der Waals surface area contributed by atoms with Crippen LogP contribution in [0, 0.1) is 0 Å². The number of aromatic nitrogens is 5. The predicted molar refractivity (Wildman–Crippen MR) is 107 cm³/mol. The van der Waals surface area contributed by atoms with Crippen molar-refractivity contribution in [1.82, 2.24) is 25.2 Å². The van der Waals surface area contributed by atoms with E-state index in [-0.39, 0.29) is 5.91 Å². The van der Waals surface area contributed by atoms with Gasteiger partial charge in [-0.05, 0) is 43.3 Å². The van der Waals surface area contributed by atoms with Crippen molar-refractivity contribution >= 4 is 33.4 Å². The van der Waals surface area contributed by atoms with Crippen LogP contribution in [0.25, 0.3) is 11.0 Å². The minimum absolute atomic E-state index is 0.126. The molecule has 2 heterocycles. The average molecular weight is 394 g/mol. The molecule has 2 aromatic carbocycles. The van der Waals surface area contributed by atoms with Crippen molar-refractivity contribution in [3.63, 3.8) is 0 Å². The van der Waals surface area contributed by atoms with E-state index in [9.17, 15) is 4.79 Å². The molecule has 0 radical (unpaired) electrons. The highest BCUT2D eigenvalue weighted by atomic mass is 32.1. The van der Waals surface area contributed by atoms with Gasteiger partial charge in [-0.3, -0.25) is 9.69 Å². The van der Waals surface area contributed by atoms with Crippen LogP contribution >= 0.6 is 11.3 Å². The van der Waals surface area contributed by atoms with E-state index >= 15 is 0 Å². The summed E-state index contributed by atoms with van der Waals surface area (Å²) in [6.45, 7) is 2.85. The van der Waals surface area contributed by atoms with Crippen molar-refractivity contribution in [3.05, 3.63) is 59.1 Å². The first kappa shape index (κ1) is 18.1. The molecule has 9 heteroatoms. The topological polar surface area (TPSA) is 86.0 Å². The molecule has 0 atom stereocenters. The molecule has 28 heavy (non-hydrogen) atoms. The number of carbonyl (C=O) groups is 1. The largest absolute Gasteiger partial charge is 0.497 e. The van der Waals surface area contributed by atoms with Crippen molar-refractivity contribution in [2.24, 2.45) is 0 Å². The third-order valence-corrected chi connectivity index (χ3v) is 5.22. The monoisotopic (exact) mass is 394 g/mol. The third-order valence-electron chi connectivity index (χ3n) is 4.29. The second-order valence-corrected chi connectivity index (χ2v) is 7.03. The number of carbonyl (C=O) groups excluding carboxylic acids is 1. The van der Waals surface area contributed by atoms with Crippen LogP contribution in [0.15, 0.2) is 48.5 Å². The molecule has 0 N–H and O–H groups in total. The molecule has 0 unspecified atom stereocenters. The first-order valence-electron chi connectivity index (χ1n) is 8.76. The lowest BCUT2D eigenvalue weighted by atomic mass is 10.2. The summed E-state index contributed by atoms with van der Waals surface area (Å²) in [5.41, 5.74) is 2.33. The van der Waals surface area contributed by atoms with Crippen molar-refractivity contribution in [1.29, 1.82) is 0 Å². The van der Waals surface area contributed by atoms with Crippen LogP contribution in [-0.4, -0.2) is 44.8 Å². The smallest absolute Gasteiger partial charge is 0.260 e. The van der Waals surface area contributed by atoms with Crippen molar-refractivity contribution in [3.8, 4) is 5.75 Å². The van der Waals surface area contributed by atoms with Crippen LogP contribution in [0.3, 0.4) is 0 Å². The molecular weight excluding hydrogens is 376 g/mol. The molecule has 8 nitrogen and oxygen atoms in total. The average Bonchev–Trinajstić information content (AvgIpc) is 3.36. The first-order valence-corrected chi connectivity index (χ1v) is 9.57. The van der Waals surface area contributed by atoms with Crippen LogP contribution in [0.2, 0.25) is 0 Å². The number of rotatable bonds is 6. The Bertz CT molecular complexity index is 1110. The number of hydrogen-bond donors (Lipinski definition) is 0. The number of methoxy groups -OCH3 is 1. The van der Waals surface area contributed by atoms with Gasteiger partial charge in [-0.25, -0.2) is 4.68 Å². The van der Waals surface area contributed by atoms with Crippen molar-refractivity contribution in [2.75, 3.05) is 18.6 Å². The van der Waals surface area contributed by atoms with Gasteiger partial charge in [-0.15, -0.1) is 15.3 Å². The zero-order valence-corrected chi connectivity index (χ0v) is 16.3. The van der Waals surface area contributed by atoms with E-state index in [1.54, 1.807) is 41.0 Å². The van der Waals surface area contributed by atoms with E-state index in [1.165, 1.54) is 11.3 Å². The fourth-order valence-corrected chi connectivity index (χ4v) is 3.72. The molecule has 0 fully saturated rings. The molecular formula is C19H18N6O2S. The predicted octanol–water partition coefficient (Wildman–Crippen LogP) is 3.01. The number of para-hydroxylation sites is 1. The van der Waals surface area contributed by atoms with Gasteiger partial charge in [0.2, 0.25) is 5.13 Å². The summed E-state index contributed by atoms with van der Waals surface area (Å²) in [6.07, 6.45) is 0. The Hall–Kier alpha value is -3.33. The third kappa shape index (κ3) is 3.44. The van der Waals surface area contributed by atoms with Gasteiger partial charge in [0.15, 0.2) is 0 Å². The summed E-state index contributed by atoms with van der Waals surface area (Å²) >= 11 is 1.37. The quantitative estimate of drug-likeness (QED) is 0.500. The van der Waals surface area contributed by atoms with E-state index < -0.39 is 0 Å². The molecule has 4 aromatic rings. The molecule has 0 saturated carbocycles. The van der Waals surface area contributed by atoms with Crippen LogP contribution < -0.4 is 9.64 Å². The first-order chi connectivity index (χ1) is 13.7. The zero-order valence-electron chi connectivity index (χ0n) is 15.4. The maximum atomic E-state index is 12.9. The molecule has 0 saturated heterocycles. The highest BCUT2D eigenvalue weighted by molar-refractivity contribution is 7.15. The van der Waals surface area contributed by atoms with E-state index in [2.05, 4.69) is 20.5 Å². The lowest BCUT2D eigenvalue weighted by Crippen LogP contribution is -2.30. The summed E-state index contributed by atoms with van der Waals surface area (Å²) in [5.74, 6) is 0.580. The number of benzene rings is 2. The van der Waals surface area contributed by atoms with Crippen molar-refractivity contribution < 1.29 is 9.53 Å². The van der Waals surface area contributed by atoms with Gasteiger partial charge in [-0.2, -0.15) is 0 Å². The van der Waals surface area contributed by atoms with Crippen LogP contribution in [0.4, 0.5) is 5.13 Å². The summed E-state index contributed by atoms with van der Waals surface area (Å²) in [7, 11) is 1.59.